The smallest absolute Gasteiger partial charge is 0.312 e. The zero-order chi connectivity index (χ0) is 17.1. The molecule has 2 aromatic carbocycles. The van der Waals surface area contributed by atoms with E-state index in [2.05, 4.69) is 20.5 Å². The van der Waals surface area contributed by atoms with Crippen LogP contribution in [0.25, 0.3) is 5.69 Å². The fourth-order valence-electron chi connectivity index (χ4n) is 1.96. The van der Waals surface area contributed by atoms with Crippen molar-refractivity contribution in [2.75, 3.05) is 0 Å². The van der Waals surface area contributed by atoms with Gasteiger partial charge in [0, 0.05) is 22.9 Å². The molecule has 0 fully saturated rings. The van der Waals surface area contributed by atoms with Crippen molar-refractivity contribution < 1.29 is 10.0 Å². The minimum Gasteiger partial charge on any atom is -0.502 e. The number of nitro groups is 1. The van der Waals surface area contributed by atoms with Gasteiger partial charge in [-0.2, -0.15) is 0 Å². The van der Waals surface area contributed by atoms with Crippen molar-refractivity contribution >= 4 is 29.2 Å². The van der Waals surface area contributed by atoms with Crippen molar-refractivity contribution in [2.45, 2.75) is 0 Å². The molecule has 9 nitrogen and oxygen atoms in total. The van der Waals surface area contributed by atoms with Crippen LogP contribution in [0.15, 0.2) is 47.7 Å². The number of hydrogen-bond acceptors (Lipinski definition) is 7. The number of aromatic hydroxyl groups is 1. The molecule has 0 saturated heterocycles. The van der Waals surface area contributed by atoms with Gasteiger partial charge in [0.15, 0.2) is 0 Å². The number of benzene rings is 2. The Labute approximate surface area is 140 Å². The van der Waals surface area contributed by atoms with Crippen LogP contribution in [-0.4, -0.2) is 36.5 Å². The second-order valence-corrected chi connectivity index (χ2v) is 5.09. The van der Waals surface area contributed by atoms with Crippen molar-refractivity contribution in [2.24, 2.45) is 4.99 Å². The SMILES string of the molecule is O=[N+]([O-])c1cc(Cl)cc(C=Nc2ccc(-n3cnnn3)cc2)c1O. The Bertz CT molecular complexity index is 909. The summed E-state index contributed by atoms with van der Waals surface area (Å²) in [4.78, 5) is 14.3. The van der Waals surface area contributed by atoms with Gasteiger partial charge in [-0.25, -0.2) is 4.68 Å². The summed E-state index contributed by atoms with van der Waals surface area (Å²) < 4.78 is 1.49. The molecule has 0 bridgehead atoms. The van der Waals surface area contributed by atoms with Crippen LogP contribution < -0.4 is 0 Å². The average Bonchev–Trinajstić information content (AvgIpc) is 3.10. The summed E-state index contributed by atoms with van der Waals surface area (Å²) in [5, 5.41) is 31.8. The number of phenols is 1. The van der Waals surface area contributed by atoms with Crippen LogP contribution in [0.5, 0.6) is 5.75 Å². The summed E-state index contributed by atoms with van der Waals surface area (Å²) in [5.41, 5.74) is 1.01. The maximum atomic E-state index is 10.9. The number of phenolic OH excluding ortho intramolecular Hbond substituents is 1. The first-order valence-electron chi connectivity index (χ1n) is 6.59. The van der Waals surface area contributed by atoms with E-state index in [1.54, 1.807) is 24.3 Å². The van der Waals surface area contributed by atoms with Crippen LogP contribution in [0.4, 0.5) is 11.4 Å². The second kappa shape index (κ2) is 6.42. The third kappa shape index (κ3) is 3.20. The zero-order valence-corrected chi connectivity index (χ0v) is 12.7. The molecule has 10 heteroatoms. The summed E-state index contributed by atoms with van der Waals surface area (Å²) in [6, 6.07) is 9.40. The molecule has 1 aromatic heterocycles. The van der Waals surface area contributed by atoms with Crippen molar-refractivity contribution in [3.05, 3.63) is 63.4 Å². The standard InChI is InChI=1S/C14H9ClN6O3/c15-10-5-9(14(22)13(6-10)21(23)24)7-16-11-1-3-12(4-2-11)20-8-17-18-19-20/h1-8,22H. The van der Waals surface area contributed by atoms with Crippen LogP contribution in [0.3, 0.4) is 0 Å². The van der Waals surface area contributed by atoms with Crippen molar-refractivity contribution in [3.8, 4) is 11.4 Å². The highest BCUT2D eigenvalue weighted by Gasteiger charge is 2.17. The Kier molecular flexibility index (Phi) is 4.17. The summed E-state index contributed by atoms with van der Waals surface area (Å²) in [5.74, 6) is -0.488. The van der Waals surface area contributed by atoms with Gasteiger partial charge >= 0.3 is 5.69 Å². The zero-order valence-electron chi connectivity index (χ0n) is 11.9. The van der Waals surface area contributed by atoms with E-state index >= 15 is 0 Å². The first-order chi connectivity index (χ1) is 11.5. The highest BCUT2D eigenvalue weighted by Crippen LogP contribution is 2.32. The molecule has 120 valence electrons. The minimum atomic E-state index is -0.709. The molecule has 0 aliphatic carbocycles. The van der Waals surface area contributed by atoms with Crippen LogP contribution >= 0.6 is 11.6 Å². The molecule has 0 saturated carbocycles. The molecule has 0 spiro atoms. The number of tetrazole rings is 1. The largest absolute Gasteiger partial charge is 0.502 e. The van der Waals surface area contributed by atoms with E-state index in [9.17, 15) is 15.2 Å². The quantitative estimate of drug-likeness (QED) is 0.441. The number of hydrogen-bond donors (Lipinski definition) is 1. The van der Waals surface area contributed by atoms with Gasteiger partial charge in [0.05, 0.1) is 16.3 Å². The van der Waals surface area contributed by atoms with E-state index in [1.807, 2.05) is 0 Å². The average molecular weight is 345 g/mol. The summed E-state index contributed by atoms with van der Waals surface area (Å²) in [6.45, 7) is 0. The Hall–Kier alpha value is -3.33. The van der Waals surface area contributed by atoms with Gasteiger partial charge in [0.1, 0.15) is 6.33 Å². The number of aliphatic imine (C=N–C) groups is 1. The maximum absolute atomic E-state index is 10.9. The van der Waals surface area contributed by atoms with E-state index in [1.165, 1.54) is 23.3 Å². The number of nitrogens with zero attached hydrogens (tertiary/aromatic N) is 6. The third-order valence-electron chi connectivity index (χ3n) is 3.10. The predicted molar refractivity (Wildman–Crippen MR) is 86.2 cm³/mol. The fraction of sp³-hybridized carbons (Fsp3) is 0. The normalized spacial score (nSPS) is 11.0. The van der Waals surface area contributed by atoms with Gasteiger partial charge in [-0.15, -0.1) is 5.10 Å². The maximum Gasteiger partial charge on any atom is 0.312 e. The van der Waals surface area contributed by atoms with Gasteiger partial charge < -0.3 is 5.11 Å². The first kappa shape index (κ1) is 15.6. The van der Waals surface area contributed by atoms with E-state index in [-0.39, 0.29) is 10.6 Å². The Morgan fingerprint density at radius 3 is 2.67 bits per heavy atom. The van der Waals surface area contributed by atoms with E-state index in [0.29, 0.717) is 5.69 Å². The van der Waals surface area contributed by atoms with Crippen LogP contribution in [0.2, 0.25) is 5.02 Å². The molecule has 3 aromatic rings. The van der Waals surface area contributed by atoms with E-state index in [0.717, 1.165) is 11.8 Å². The van der Waals surface area contributed by atoms with Crippen LogP contribution in [0.1, 0.15) is 5.56 Å². The fourth-order valence-corrected chi connectivity index (χ4v) is 2.18. The molecule has 0 atom stereocenters. The van der Waals surface area contributed by atoms with E-state index < -0.39 is 16.4 Å². The van der Waals surface area contributed by atoms with Crippen LogP contribution in [0, 0.1) is 10.1 Å². The van der Waals surface area contributed by atoms with Gasteiger partial charge in [0.2, 0.25) is 5.75 Å². The van der Waals surface area contributed by atoms with Crippen molar-refractivity contribution in [3.63, 3.8) is 0 Å². The molecule has 1 N–H and O–H groups in total. The van der Waals surface area contributed by atoms with Gasteiger partial charge in [-0.1, -0.05) is 11.6 Å². The lowest BCUT2D eigenvalue weighted by atomic mass is 10.2. The molecule has 0 radical (unpaired) electrons. The number of rotatable bonds is 4. The number of nitro benzene ring substituents is 1. The number of halogens is 1. The molecule has 1 heterocycles. The van der Waals surface area contributed by atoms with E-state index in [4.69, 9.17) is 11.6 Å². The molecule has 24 heavy (non-hydrogen) atoms. The molecular weight excluding hydrogens is 336 g/mol. The molecule has 0 unspecified atom stereocenters. The Balaban J connectivity index is 1.87. The van der Waals surface area contributed by atoms with Crippen molar-refractivity contribution in [1.29, 1.82) is 0 Å². The Morgan fingerprint density at radius 2 is 2.04 bits per heavy atom. The lowest BCUT2D eigenvalue weighted by molar-refractivity contribution is -0.385. The van der Waals surface area contributed by atoms with Gasteiger partial charge in [-0.3, -0.25) is 15.1 Å². The van der Waals surface area contributed by atoms with Gasteiger partial charge in [-0.05, 0) is 40.8 Å². The van der Waals surface area contributed by atoms with Crippen molar-refractivity contribution in [1.82, 2.24) is 20.2 Å². The number of aromatic nitrogens is 4. The topological polar surface area (TPSA) is 119 Å². The molecule has 0 aliphatic heterocycles. The monoisotopic (exact) mass is 344 g/mol. The lowest BCUT2D eigenvalue weighted by Gasteiger charge is -2.02. The molecule has 3 rings (SSSR count). The second-order valence-electron chi connectivity index (χ2n) is 4.65. The molecular formula is C14H9ClN6O3. The molecule has 0 amide bonds. The highest BCUT2D eigenvalue weighted by atomic mass is 35.5. The molecule has 0 aliphatic rings. The van der Waals surface area contributed by atoms with Gasteiger partial charge in [0.25, 0.3) is 0 Å². The minimum absolute atomic E-state index is 0.134. The third-order valence-corrected chi connectivity index (χ3v) is 3.31. The first-order valence-corrected chi connectivity index (χ1v) is 6.97. The summed E-state index contributed by atoms with van der Waals surface area (Å²) in [7, 11) is 0. The summed E-state index contributed by atoms with van der Waals surface area (Å²) in [6.07, 6.45) is 2.77. The van der Waals surface area contributed by atoms with Crippen LogP contribution in [-0.2, 0) is 0 Å². The lowest BCUT2D eigenvalue weighted by Crippen LogP contribution is -1.94. The summed E-state index contributed by atoms with van der Waals surface area (Å²) >= 11 is 5.83. The Morgan fingerprint density at radius 1 is 1.29 bits per heavy atom. The predicted octanol–water partition coefficient (Wildman–Crippen LogP) is 2.68. The highest BCUT2D eigenvalue weighted by molar-refractivity contribution is 6.31.